The van der Waals surface area contributed by atoms with Gasteiger partial charge in [0.1, 0.15) is 6.61 Å². The first-order valence-electron chi connectivity index (χ1n) is 8.58. The van der Waals surface area contributed by atoms with Gasteiger partial charge in [-0.3, -0.25) is 0 Å². The lowest BCUT2D eigenvalue weighted by Crippen LogP contribution is -2.47. The van der Waals surface area contributed by atoms with Gasteiger partial charge in [0.15, 0.2) is 5.60 Å². The SMILES string of the molecule is CC[C@@]1(O)C(=O)OCC2=C1C=C1c3nc4ccccc4cc3CN1C2. The zero-order chi connectivity index (χ0) is 17.2. The van der Waals surface area contributed by atoms with Crippen LogP contribution in [0, 0.1) is 0 Å². The van der Waals surface area contributed by atoms with Crippen LogP contribution >= 0.6 is 0 Å². The summed E-state index contributed by atoms with van der Waals surface area (Å²) in [5.41, 5.74) is 4.19. The van der Waals surface area contributed by atoms with Gasteiger partial charge in [-0.15, -0.1) is 0 Å². The van der Waals surface area contributed by atoms with E-state index in [0.29, 0.717) is 18.5 Å². The summed E-state index contributed by atoms with van der Waals surface area (Å²) in [7, 11) is 0. The van der Waals surface area contributed by atoms with Gasteiger partial charge in [-0.05, 0) is 35.8 Å². The first-order valence-corrected chi connectivity index (χ1v) is 8.58. The minimum absolute atomic E-state index is 0.252. The summed E-state index contributed by atoms with van der Waals surface area (Å²) in [4.78, 5) is 19.2. The molecule has 1 atom stereocenters. The van der Waals surface area contributed by atoms with Crippen LogP contribution in [0.1, 0.15) is 24.6 Å². The molecule has 0 bridgehead atoms. The van der Waals surface area contributed by atoms with E-state index in [-0.39, 0.29) is 6.61 Å². The third-order valence-corrected chi connectivity index (χ3v) is 5.46. The van der Waals surface area contributed by atoms with Crippen molar-refractivity contribution >= 4 is 22.6 Å². The molecule has 1 aromatic carbocycles. The molecule has 0 unspecified atom stereocenters. The van der Waals surface area contributed by atoms with E-state index in [2.05, 4.69) is 17.0 Å². The molecule has 4 heterocycles. The van der Waals surface area contributed by atoms with Crippen molar-refractivity contribution in [1.82, 2.24) is 9.88 Å². The van der Waals surface area contributed by atoms with Crippen LogP contribution in [0.5, 0.6) is 0 Å². The molecule has 126 valence electrons. The Morgan fingerprint density at radius 3 is 3.00 bits per heavy atom. The topological polar surface area (TPSA) is 62.7 Å². The second kappa shape index (κ2) is 4.92. The number of aromatic nitrogens is 1. The summed E-state index contributed by atoms with van der Waals surface area (Å²) >= 11 is 0. The number of carbonyl (C=O) groups is 1. The number of para-hydroxylation sites is 1. The second-order valence-electron chi connectivity index (χ2n) is 6.88. The van der Waals surface area contributed by atoms with Gasteiger partial charge in [0, 0.05) is 24.0 Å². The van der Waals surface area contributed by atoms with Crippen LogP contribution in [0.3, 0.4) is 0 Å². The van der Waals surface area contributed by atoms with Gasteiger partial charge in [0.2, 0.25) is 0 Å². The molecule has 3 aliphatic rings. The largest absolute Gasteiger partial charge is 0.459 e. The second-order valence-corrected chi connectivity index (χ2v) is 6.88. The quantitative estimate of drug-likeness (QED) is 0.812. The molecule has 3 aliphatic heterocycles. The Kier molecular flexibility index (Phi) is 2.89. The van der Waals surface area contributed by atoms with E-state index < -0.39 is 11.6 Å². The number of esters is 1. The molecule has 0 amide bonds. The van der Waals surface area contributed by atoms with Crippen LogP contribution in [0.25, 0.3) is 16.6 Å². The number of carbonyl (C=O) groups excluding carboxylic acids is 1. The van der Waals surface area contributed by atoms with Gasteiger partial charge in [-0.2, -0.15) is 0 Å². The maximum absolute atomic E-state index is 12.1. The van der Waals surface area contributed by atoms with E-state index in [1.807, 2.05) is 24.3 Å². The van der Waals surface area contributed by atoms with Gasteiger partial charge >= 0.3 is 5.97 Å². The molecule has 0 saturated heterocycles. The van der Waals surface area contributed by atoms with Crippen LogP contribution in [0.15, 0.2) is 47.6 Å². The van der Waals surface area contributed by atoms with Crippen molar-refractivity contribution in [2.45, 2.75) is 25.5 Å². The normalized spacial score (nSPS) is 24.6. The highest BCUT2D eigenvalue weighted by Crippen LogP contribution is 2.42. The summed E-state index contributed by atoms with van der Waals surface area (Å²) in [6, 6.07) is 10.3. The minimum atomic E-state index is -1.55. The van der Waals surface area contributed by atoms with E-state index in [1.165, 1.54) is 5.56 Å². The zero-order valence-electron chi connectivity index (χ0n) is 14.0. The Morgan fingerprint density at radius 1 is 1.32 bits per heavy atom. The number of pyridine rings is 1. The summed E-state index contributed by atoms with van der Waals surface area (Å²) in [6.07, 6.45) is 2.24. The predicted molar refractivity (Wildman–Crippen MR) is 93.4 cm³/mol. The Morgan fingerprint density at radius 2 is 2.16 bits per heavy atom. The molecular formula is C20H18N2O3. The number of ether oxygens (including phenoxy) is 1. The summed E-state index contributed by atoms with van der Waals surface area (Å²) < 4.78 is 5.22. The molecule has 5 nitrogen and oxygen atoms in total. The highest BCUT2D eigenvalue weighted by atomic mass is 16.6. The van der Waals surface area contributed by atoms with Crippen molar-refractivity contribution in [2.75, 3.05) is 13.2 Å². The lowest BCUT2D eigenvalue weighted by Gasteiger charge is -2.37. The van der Waals surface area contributed by atoms with Gasteiger partial charge in [0.25, 0.3) is 0 Å². The highest BCUT2D eigenvalue weighted by molar-refractivity contribution is 5.89. The average Bonchev–Trinajstić information content (AvgIpc) is 2.98. The maximum Gasteiger partial charge on any atom is 0.343 e. The number of hydrogen-bond donors (Lipinski definition) is 1. The number of benzene rings is 1. The van der Waals surface area contributed by atoms with Gasteiger partial charge in [0.05, 0.1) is 16.9 Å². The molecule has 1 aromatic heterocycles. The van der Waals surface area contributed by atoms with Crippen molar-refractivity contribution in [2.24, 2.45) is 0 Å². The minimum Gasteiger partial charge on any atom is -0.459 e. The van der Waals surface area contributed by atoms with E-state index in [1.54, 1.807) is 6.92 Å². The standard InChI is InChI=1S/C20H18N2O3/c1-2-20(24)15-8-17-18-13(7-12-5-3-4-6-16(12)21-18)9-22(17)10-14(15)11-25-19(20)23/h3-8,24H,2,9-11H2,1H3/t20-/m0/s1. The average molecular weight is 334 g/mol. The smallest absolute Gasteiger partial charge is 0.343 e. The van der Waals surface area contributed by atoms with E-state index in [9.17, 15) is 9.90 Å². The van der Waals surface area contributed by atoms with E-state index in [0.717, 1.165) is 34.4 Å². The molecular weight excluding hydrogens is 316 g/mol. The summed E-state index contributed by atoms with van der Waals surface area (Å²) in [6.45, 7) is 3.50. The van der Waals surface area contributed by atoms with Gasteiger partial charge in [-0.25, -0.2) is 9.78 Å². The number of cyclic esters (lactones) is 1. The number of rotatable bonds is 1. The Bertz CT molecular complexity index is 992. The van der Waals surface area contributed by atoms with Crippen molar-refractivity contribution in [3.05, 3.63) is 58.8 Å². The Hall–Kier alpha value is -2.66. The van der Waals surface area contributed by atoms with Crippen molar-refractivity contribution in [3.8, 4) is 0 Å². The summed E-state index contributed by atoms with van der Waals surface area (Å²) in [5, 5.41) is 12.0. The Balaban J connectivity index is 1.68. The number of fused-ring (bicyclic) bond motifs is 4. The molecule has 0 fully saturated rings. The monoisotopic (exact) mass is 334 g/mol. The van der Waals surface area contributed by atoms with Crippen molar-refractivity contribution in [3.63, 3.8) is 0 Å². The van der Waals surface area contributed by atoms with Crippen LogP contribution in [-0.4, -0.2) is 39.7 Å². The molecule has 25 heavy (non-hydrogen) atoms. The number of nitrogens with zero attached hydrogens (tertiary/aromatic N) is 2. The lowest BCUT2D eigenvalue weighted by atomic mass is 9.83. The maximum atomic E-state index is 12.1. The molecule has 5 rings (SSSR count). The molecule has 0 spiro atoms. The fourth-order valence-electron chi connectivity index (χ4n) is 4.05. The molecule has 0 aliphatic carbocycles. The van der Waals surface area contributed by atoms with E-state index in [4.69, 9.17) is 9.72 Å². The lowest BCUT2D eigenvalue weighted by molar-refractivity contribution is -0.163. The van der Waals surface area contributed by atoms with E-state index >= 15 is 0 Å². The van der Waals surface area contributed by atoms with Crippen LogP contribution in [-0.2, 0) is 16.1 Å². The zero-order valence-corrected chi connectivity index (χ0v) is 14.0. The van der Waals surface area contributed by atoms with Crippen molar-refractivity contribution < 1.29 is 14.6 Å². The molecule has 1 N–H and O–H groups in total. The predicted octanol–water partition coefficient (Wildman–Crippen LogP) is 2.40. The fraction of sp³-hybridized carbons (Fsp3) is 0.300. The molecule has 0 radical (unpaired) electrons. The molecule has 0 saturated carbocycles. The van der Waals surface area contributed by atoms with Gasteiger partial charge < -0.3 is 14.7 Å². The molecule has 5 heteroatoms. The van der Waals surface area contributed by atoms with Gasteiger partial charge in [-0.1, -0.05) is 25.1 Å². The molecule has 2 aromatic rings. The number of aliphatic hydroxyl groups is 1. The van der Waals surface area contributed by atoms with Crippen LogP contribution in [0.2, 0.25) is 0 Å². The highest BCUT2D eigenvalue weighted by Gasteiger charge is 2.46. The fourth-order valence-corrected chi connectivity index (χ4v) is 4.05. The first kappa shape index (κ1) is 14.7. The van der Waals surface area contributed by atoms with Crippen LogP contribution in [0.4, 0.5) is 0 Å². The third-order valence-electron chi connectivity index (χ3n) is 5.46. The van der Waals surface area contributed by atoms with Crippen molar-refractivity contribution in [1.29, 1.82) is 0 Å². The first-order chi connectivity index (χ1) is 12.1. The third kappa shape index (κ3) is 1.93. The van der Waals surface area contributed by atoms with Crippen LogP contribution < -0.4 is 0 Å². The Labute approximate surface area is 145 Å². The number of hydrogen-bond acceptors (Lipinski definition) is 5. The summed E-state index contributed by atoms with van der Waals surface area (Å²) in [5.74, 6) is -0.552.